The molecule has 2 nitrogen and oxygen atoms in total. The minimum Gasteiger partial charge on any atom is -0.462 e. The summed E-state index contributed by atoms with van der Waals surface area (Å²) in [4.78, 5) is 11.2. The quantitative estimate of drug-likeness (QED) is 0.567. The second-order valence-corrected chi connectivity index (χ2v) is 5.34. The summed E-state index contributed by atoms with van der Waals surface area (Å²) in [7, 11) is 0. The largest absolute Gasteiger partial charge is 0.462 e. The first-order chi connectivity index (χ1) is 8.93. The fourth-order valence-electron chi connectivity index (χ4n) is 2.29. The van der Waals surface area contributed by atoms with Gasteiger partial charge in [-0.15, -0.1) is 0 Å². The van der Waals surface area contributed by atoms with Crippen molar-refractivity contribution in [2.24, 2.45) is 17.8 Å². The normalized spacial score (nSPS) is 28.6. The van der Waals surface area contributed by atoms with E-state index in [0.717, 1.165) is 0 Å². The average molecular weight is 306 g/mol. The van der Waals surface area contributed by atoms with Crippen molar-refractivity contribution in [2.45, 2.75) is 51.6 Å². The van der Waals surface area contributed by atoms with Crippen molar-refractivity contribution in [3.8, 4) is 0 Å². The van der Waals surface area contributed by atoms with Crippen molar-refractivity contribution in [1.29, 1.82) is 0 Å². The molecule has 0 aromatic carbocycles. The van der Waals surface area contributed by atoms with Crippen LogP contribution in [0.1, 0.15) is 33.1 Å². The summed E-state index contributed by atoms with van der Waals surface area (Å²) >= 11 is 0. The van der Waals surface area contributed by atoms with Crippen LogP contribution in [0.25, 0.3) is 0 Å². The Bertz CT molecular complexity index is 335. The van der Waals surface area contributed by atoms with Gasteiger partial charge in [-0.3, -0.25) is 4.79 Å². The molecule has 0 aromatic heterocycles. The second-order valence-electron chi connectivity index (χ2n) is 5.34. The molecule has 0 aliphatic heterocycles. The zero-order valence-corrected chi connectivity index (χ0v) is 11.0. The highest BCUT2D eigenvalue weighted by Crippen LogP contribution is 2.41. The van der Waals surface area contributed by atoms with E-state index < -0.39 is 30.3 Å². The molecule has 1 rings (SSSR count). The van der Waals surface area contributed by atoms with E-state index in [1.807, 2.05) is 13.8 Å². The van der Waals surface area contributed by atoms with Gasteiger partial charge in [0.05, 0.1) is 0 Å². The second kappa shape index (κ2) is 5.81. The number of ether oxygens (including phenoxy) is 1. The van der Waals surface area contributed by atoms with Gasteiger partial charge in [0.15, 0.2) is 0 Å². The predicted octanol–water partition coefficient (Wildman–Crippen LogP) is 4.10. The molecule has 0 radical (unpaired) electrons. The van der Waals surface area contributed by atoms with Crippen molar-refractivity contribution in [3.63, 3.8) is 0 Å². The van der Waals surface area contributed by atoms with Crippen LogP contribution in [0.2, 0.25) is 0 Å². The Labute approximate surface area is 112 Å². The first kappa shape index (κ1) is 17.1. The van der Waals surface area contributed by atoms with E-state index in [9.17, 15) is 31.1 Å². The van der Waals surface area contributed by atoms with Crippen LogP contribution in [-0.4, -0.2) is 24.4 Å². The number of esters is 1. The van der Waals surface area contributed by atoms with E-state index in [-0.39, 0.29) is 12.3 Å². The van der Waals surface area contributed by atoms with Gasteiger partial charge in [-0.1, -0.05) is 13.8 Å². The Balaban J connectivity index is 2.73. The summed E-state index contributed by atoms with van der Waals surface area (Å²) < 4.78 is 78.5. The molecule has 1 fully saturated rings. The van der Waals surface area contributed by atoms with Crippen LogP contribution in [0.15, 0.2) is 0 Å². The Morgan fingerprint density at radius 1 is 1.00 bits per heavy atom. The lowest BCUT2D eigenvalue weighted by atomic mass is 9.80. The van der Waals surface area contributed by atoms with E-state index >= 15 is 0 Å². The molecule has 3 atom stereocenters. The van der Waals surface area contributed by atoms with E-state index in [1.54, 1.807) is 0 Å². The molecule has 20 heavy (non-hydrogen) atoms. The maximum atomic E-state index is 12.3. The zero-order valence-electron chi connectivity index (χ0n) is 11.0. The standard InChI is InChI=1S/C12H16F6O2/c1-6-3-4-8(5-7(6)2)20-10(19)9(11(13,14)15)12(16,17)18/h6-9H,3-5H2,1-2H3/t6-,7+,8-/m1/s1. The first-order valence-corrected chi connectivity index (χ1v) is 6.26. The van der Waals surface area contributed by atoms with Gasteiger partial charge in [0.2, 0.25) is 5.92 Å². The van der Waals surface area contributed by atoms with Gasteiger partial charge in [0.1, 0.15) is 6.10 Å². The topological polar surface area (TPSA) is 26.3 Å². The number of halogens is 6. The van der Waals surface area contributed by atoms with Crippen LogP contribution in [-0.2, 0) is 9.53 Å². The van der Waals surface area contributed by atoms with Gasteiger partial charge in [-0.2, -0.15) is 26.3 Å². The van der Waals surface area contributed by atoms with Gasteiger partial charge in [0.25, 0.3) is 0 Å². The number of carbonyl (C=O) groups is 1. The number of alkyl halides is 6. The lowest BCUT2D eigenvalue weighted by Crippen LogP contribution is -2.45. The molecule has 0 spiro atoms. The highest BCUT2D eigenvalue weighted by atomic mass is 19.4. The van der Waals surface area contributed by atoms with Crippen molar-refractivity contribution in [1.82, 2.24) is 0 Å². The molecule has 0 saturated heterocycles. The zero-order chi connectivity index (χ0) is 15.7. The Morgan fingerprint density at radius 2 is 1.50 bits per heavy atom. The molecule has 8 heteroatoms. The maximum absolute atomic E-state index is 12.3. The average Bonchev–Trinajstić information content (AvgIpc) is 2.18. The van der Waals surface area contributed by atoms with Crippen LogP contribution in [0.3, 0.4) is 0 Å². The number of hydrogen-bond acceptors (Lipinski definition) is 2. The van der Waals surface area contributed by atoms with Crippen LogP contribution in [0, 0.1) is 17.8 Å². The Kier molecular flexibility index (Phi) is 4.97. The molecule has 0 bridgehead atoms. The van der Waals surface area contributed by atoms with Crippen LogP contribution < -0.4 is 0 Å². The SMILES string of the molecule is C[C@@H]1CC[C@@H](OC(=O)C(C(F)(F)F)C(F)(F)F)C[C@@H]1C. The first-order valence-electron chi connectivity index (χ1n) is 6.26. The number of hydrogen-bond donors (Lipinski definition) is 0. The van der Waals surface area contributed by atoms with E-state index in [1.165, 1.54) is 0 Å². The Morgan fingerprint density at radius 3 is 1.90 bits per heavy atom. The summed E-state index contributed by atoms with van der Waals surface area (Å²) in [6.45, 7) is 3.77. The summed E-state index contributed by atoms with van der Waals surface area (Å²) in [5.41, 5.74) is 0. The molecule has 1 saturated carbocycles. The summed E-state index contributed by atoms with van der Waals surface area (Å²) in [6.07, 6.45) is -11.1. The van der Waals surface area contributed by atoms with Crippen molar-refractivity contribution >= 4 is 5.97 Å². The molecule has 0 amide bonds. The molecule has 118 valence electrons. The smallest absolute Gasteiger partial charge is 0.411 e. The maximum Gasteiger partial charge on any atom is 0.411 e. The monoisotopic (exact) mass is 306 g/mol. The fraction of sp³-hybridized carbons (Fsp3) is 0.917. The van der Waals surface area contributed by atoms with Crippen molar-refractivity contribution < 1.29 is 35.9 Å². The lowest BCUT2D eigenvalue weighted by Gasteiger charge is -2.32. The summed E-state index contributed by atoms with van der Waals surface area (Å²) in [5, 5.41) is 0. The van der Waals surface area contributed by atoms with E-state index in [4.69, 9.17) is 0 Å². The molecule has 0 N–H and O–H groups in total. The van der Waals surface area contributed by atoms with E-state index in [2.05, 4.69) is 4.74 Å². The Hall–Kier alpha value is -0.950. The predicted molar refractivity (Wildman–Crippen MR) is 57.7 cm³/mol. The third kappa shape index (κ3) is 4.28. The summed E-state index contributed by atoms with van der Waals surface area (Å²) in [5.74, 6) is -5.91. The van der Waals surface area contributed by atoms with Gasteiger partial charge >= 0.3 is 18.3 Å². The minimum absolute atomic E-state index is 0.0942. The fourth-order valence-corrected chi connectivity index (χ4v) is 2.29. The molecular weight excluding hydrogens is 290 g/mol. The van der Waals surface area contributed by atoms with Crippen LogP contribution in [0.4, 0.5) is 26.3 Å². The molecule has 0 heterocycles. The molecule has 0 aromatic rings. The minimum atomic E-state index is -5.69. The van der Waals surface area contributed by atoms with Crippen molar-refractivity contribution in [3.05, 3.63) is 0 Å². The van der Waals surface area contributed by atoms with Gasteiger partial charge in [0, 0.05) is 0 Å². The number of rotatable bonds is 2. The molecule has 0 unspecified atom stereocenters. The van der Waals surface area contributed by atoms with Crippen molar-refractivity contribution in [2.75, 3.05) is 0 Å². The highest BCUT2D eigenvalue weighted by Gasteiger charge is 2.62. The third-order valence-electron chi connectivity index (χ3n) is 3.72. The van der Waals surface area contributed by atoms with Crippen LogP contribution in [0.5, 0.6) is 0 Å². The van der Waals surface area contributed by atoms with Gasteiger partial charge in [-0.05, 0) is 31.1 Å². The molecular formula is C12H16F6O2. The lowest BCUT2D eigenvalue weighted by molar-refractivity contribution is -0.283. The van der Waals surface area contributed by atoms with E-state index in [0.29, 0.717) is 18.8 Å². The molecule has 1 aliphatic rings. The van der Waals surface area contributed by atoms with Gasteiger partial charge < -0.3 is 4.74 Å². The number of carbonyl (C=O) groups excluding carboxylic acids is 1. The summed E-state index contributed by atoms with van der Waals surface area (Å²) in [6, 6.07) is 0. The molecule has 1 aliphatic carbocycles. The van der Waals surface area contributed by atoms with Gasteiger partial charge in [-0.25, -0.2) is 0 Å². The third-order valence-corrected chi connectivity index (χ3v) is 3.72. The van der Waals surface area contributed by atoms with Crippen LogP contribution >= 0.6 is 0 Å². The highest BCUT2D eigenvalue weighted by molar-refractivity contribution is 5.74.